The number of amides is 1. The molecule has 1 heterocycles. The fourth-order valence-corrected chi connectivity index (χ4v) is 5.53. The fraction of sp³-hybridized carbons (Fsp3) is 0.312. The summed E-state index contributed by atoms with van der Waals surface area (Å²) in [5.41, 5.74) is 12.3. The summed E-state index contributed by atoms with van der Waals surface area (Å²) in [5.74, 6) is 0.757. The second-order valence-corrected chi connectivity index (χ2v) is 10.2. The number of ether oxygens (including phenoxy) is 2. The number of fused-ring (bicyclic) bond motifs is 1. The molecular formula is C32H33N5O4. The van der Waals surface area contributed by atoms with E-state index in [4.69, 9.17) is 25.1 Å². The fourth-order valence-electron chi connectivity index (χ4n) is 5.53. The zero-order chi connectivity index (χ0) is 28.7. The molecule has 0 unspecified atom stereocenters. The molecule has 0 radical (unpaired) electrons. The number of aliphatic hydroxyl groups excluding tert-OH is 1. The van der Waals surface area contributed by atoms with E-state index >= 15 is 0 Å². The number of nitrogens with zero attached hydrogens (tertiary/aromatic N) is 4. The molecule has 2 atom stereocenters. The van der Waals surface area contributed by atoms with Crippen LogP contribution in [0.5, 0.6) is 5.75 Å². The number of hydrogen-bond donors (Lipinski definition) is 2. The molecule has 5 rings (SSSR count). The highest BCUT2D eigenvalue weighted by atomic mass is 16.5. The van der Waals surface area contributed by atoms with Gasteiger partial charge in [-0.05, 0) is 64.9 Å². The van der Waals surface area contributed by atoms with Crippen molar-refractivity contribution < 1.29 is 19.4 Å². The van der Waals surface area contributed by atoms with E-state index in [-0.39, 0.29) is 31.5 Å². The lowest BCUT2D eigenvalue weighted by Crippen LogP contribution is -2.51. The van der Waals surface area contributed by atoms with Gasteiger partial charge in [0.25, 0.3) is 5.91 Å². The Morgan fingerprint density at radius 3 is 2.54 bits per heavy atom. The van der Waals surface area contributed by atoms with Crippen LogP contribution in [0.25, 0.3) is 10.4 Å². The Hall–Kier alpha value is -4.59. The first kappa shape index (κ1) is 28.0. The minimum absolute atomic E-state index is 0.0599. The van der Waals surface area contributed by atoms with Crippen LogP contribution in [0.2, 0.25) is 0 Å². The molecule has 0 aromatic heterocycles. The summed E-state index contributed by atoms with van der Waals surface area (Å²) < 4.78 is 12.2. The zero-order valence-electron chi connectivity index (χ0n) is 22.8. The maximum absolute atomic E-state index is 14.3. The molecule has 0 bridgehead atoms. The highest BCUT2D eigenvalue weighted by molar-refractivity contribution is 6.01. The van der Waals surface area contributed by atoms with Gasteiger partial charge in [0, 0.05) is 36.0 Å². The van der Waals surface area contributed by atoms with Crippen LogP contribution in [0.3, 0.4) is 0 Å². The summed E-state index contributed by atoms with van der Waals surface area (Å²) in [7, 11) is 0. The third-order valence-corrected chi connectivity index (χ3v) is 7.51. The van der Waals surface area contributed by atoms with Crippen molar-refractivity contribution in [2.45, 2.75) is 49.9 Å². The Morgan fingerprint density at radius 1 is 1.15 bits per heavy atom. The summed E-state index contributed by atoms with van der Waals surface area (Å²) in [6.07, 6.45) is 3.20. The largest absolute Gasteiger partial charge is 0.494 e. The Balaban J connectivity index is 1.50. The van der Waals surface area contributed by atoms with E-state index in [1.807, 2.05) is 60.7 Å². The first-order valence-electron chi connectivity index (χ1n) is 13.8. The van der Waals surface area contributed by atoms with Crippen molar-refractivity contribution in [2.24, 2.45) is 10.1 Å². The third kappa shape index (κ3) is 5.96. The van der Waals surface area contributed by atoms with E-state index in [1.54, 1.807) is 6.08 Å². The van der Waals surface area contributed by atoms with Crippen molar-refractivity contribution in [3.63, 3.8) is 0 Å². The first-order chi connectivity index (χ1) is 20.1. The molecule has 1 aliphatic carbocycles. The molecule has 2 aliphatic rings. The predicted molar refractivity (Wildman–Crippen MR) is 157 cm³/mol. The molecule has 210 valence electrons. The van der Waals surface area contributed by atoms with Crippen molar-refractivity contribution in [3.05, 3.63) is 124 Å². The molecule has 1 amide bonds. The Kier molecular flexibility index (Phi) is 8.67. The molecule has 2 N–H and O–H groups in total. The SMILES string of the molecule is C=CC[C@@]1(C(=O)NC2Cc3ccccc3C2)N=C(c2ccc(OCCCO)cc2)O[C@@H]1c1ccccc1CN=[N+]=[N-]. The third-order valence-electron chi connectivity index (χ3n) is 7.51. The summed E-state index contributed by atoms with van der Waals surface area (Å²) in [5, 5.41) is 16.1. The normalized spacial score (nSPS) is 19.4. The molecule has 1 aliphatic heterocycles. The van der Waals surface area contributed by atoms with E-state index in [0.29, 0.717) is 30.2 Å². The predicted octanol–water partition coefficient (Wildman–Crippen LogP) is 5.37. The summed E-state index contributed by atoms with van der Waals surface area (Å²) in [6, 6.07) is 23.0. The number of aliphatic hydroxyl groups is 1. The lowest BCUT2D eigenvalue weighted by Gasteiger charge is -2.32. The van der Waals surface area contributed by atoms with Crippen LogP contribution < -0.4 is 10.1 Å². The first-order valence-corrected chi connectivity index (χ1v) is 13.8. The molecule has 9 heteroatoms. The lowest BCUT2D eigenvalue weighted by atomic mass is 9.82. The van der Waals surface area contributed by atoms with Crippen molar-refractivity contribution in [3.8, 4) is 5.75 Å². The van der Waals surface area contributed by atoms with E-state index < -0.39 is 11.6 Å². The molecule has 0 spiro atoms. The number of benzene rings is 3. The molecule has 0 fully saturated rings. The Labute approximate surface area is 239 Å². The second-order valence-electron chi connectivity index (χ2n) is 10.2. The van der Waals surface area contributed by atoms with Gasteiger partial charge in [-0.15, -0.1) is 6.58 Å². The van der Waals surface area contributed by atoms with Gasteiger partial charge in [0.15, 0.2) is 11.6 Å². The number of rotatable bonds is 12. The van der Waals surface area contributed by atoms with Crippen molar-refractivity contribution in [1.82, 2.24) is 5.32 Å². The van der Waals surface area contributed by atoms with Crippen LogP contribution in [0.1, 0.15) is 46.8 Å². The maximum atomic E-state index is 14.3. The van der Waals surface area contributed by atoms with Gasteiger partial charge in [0.1, 0.15) is 5.75 Å². The maximum Gasteiger partial charge on any atom is 0.252 e. The number of aliphatic imine (C=N–C) groups is 1. The minimum atomic E-state index is -1.32. The summed E-state index contributed by atoms with van der Waals surface area (Å²) in [6.45, 7) is 4.54. The van der Waals surface area contributed by atoms with Crippen molar-refractivity contribution in [1.29, 1.82) is 0 Å². The average molecular weight is 552 g/mol. The van der Waals surface area contributed by atoms with E-state index in [0.717, 1.165) is 24.0 Å². The van der Waals surface area contributed by atoms with Gasteiger partial charge in [-0.2, -0.15) is 0 Å². The van der Waals surface area contributed by atoms with E-state index in [2.05, 4.69) is 34.1 Å². The summed E-state index contributed by atoms with van der Waals surface area (Å²) in [4.78, 5) is 22.2. The number of carbonyl (C=O) groups is 1. The molecule has 9 nitrogen and oxygen atoms in total. The molecule has 0 saturated heterocycles. The molecule has 3 aromatic rings. The number of nitrogens with one attached hydrogen (secondary N) is 1. The number of hydrogen-bond acceptors (Lipinski definition) is 6. The van der Waals surface area contributed by atoms with Crippen LogP contribution in [0.15, 0.2) is 95.6 Å². The lowest BCUT2D eigenvalue weighted by molar-refractivity contribution is -0.129. The van der Waals surface area contributed by atoms with Gasteiger partial charge < -0.3 is 19.9 Å². The van der Waals surface area contributed by atoms with Crippen LogP contribution in [-0.4, -0.2) is 41.7 Å². The number of azide groups is 1. The molecule has 41 heavy (non-hydrogen) atoms. The average Bonchev–Trinajstić information content (AvgIpc) is 3.59. The topological polar surface area (TPSA) is 129 Å². The monoisotopic (exact) mass is 551 g/mol. The molecular weight excluding hydrogens is 518 g/mol. The van der Waals surface area contributed by atoms with Gasteiger partial charge in [-0.3, -0.25) is 4.79 Å². The standard InChI is InChI=1S/C32H33N5O4/c1-2-16-32(31(39)35-26-19-23-8-3-4-9-24(23)20-26)29(28-11-6-5-10-25(28)21-34-37-33)41-30(36-32)22-12-14-27(15-13-22)40-18-7-17-38/h2-6,8-15,26,29,38H,1,7,16-21H2,(H,35,39)/t29-,32-/m1/s1. The smallest absolute Gasteiger partial charge is 0.252 e. The number of carbonyl (C=O) groups excluding carboxylic acids is 1. The van der Waals surface area contributed by atoms with Crippen LogP contribution in [0, 0.1) is 0 Å². The van der Waals surface area contributed by atoms with Gasteiger partial charge in [-0.1, -0.05) is 59.7 Å². The van der Waals surface area contributed by atoms with Crippen LogP contribution in [0.4, 0.5) is 0 Å². The Morgan fingerprint density at radius 2 is 1.85 bits per heavy atom. The Bertz CT molecular complexity index is 1460. The van der Waals surface area contributed by atoms with Gasteiger partial charge in [0.05, 0.1) is 13.2 Å². The minimum Gasteiger partial charge on any atom is -0.494 e. The summed E-state index contributed by atoms with van der Waals surface area (Å²) >= 11 is 0. The van der Waals surface area contributed by atoms with E-state index in [9.17, 15) is 4.79 Å². The van der Waals surface area contributed by atoms with Crippen LogP contribution >= 0.6 is 0 Å². The van der Waals surface area contributed by atoms with Gasteiger partial charge in [-0.25, -0.2) is 4.99 Å². The molecule has 0 saturated carbocycles. The van der Waals surface area contributed by atoms with E-state index in [1.165, 1.54) is 11.1 Å². The van der Waals surface area contributed by atoms with Crippen LogP contribution in [-0.2, 0) is 28.9 Å². The molecule has 3 aromatic carbocycles. The van der Waals surface area contributed by atoms with Crippen molar-refractivity contribution >= 4 is 11.8 Å². The van der Waals surface area contributed by atoms with Gasteiger partial charge >= 0.3 is 0 Å². The highest BCUT2D eigenvalue weighted by Gasteiger charge is 2.53. The van der Waals surface area contributed by atoms with Gasteiger partial charge in [0.2, 0.25) is 5.90 Å². The quantitative estimate of drug-likeness (QED) is 0.103. The van der Waals surface area contributed by atoms with Crippen molar-refractivity contribution in [2.75, 3.05) is 13.2 Å². The highest BCUT2D eigenvalue weighted by Crippen LogP contribution is 2.44. The second kappa shape index (κ2) is 12.7. The zero-order valence-corrected chi connectivity index (χ0v) is 22.8.